The largest absolute Gasteiger partial charge is 0.480 e. The maximum absolute atomic E-state index is 10.6. The van der Waals surface area contributed by atoms with Crippen molar-refractivity contribution in [3.8, 4) is 5.88 Å². The number of anilines is 1. The van der Waals surface area contributed by atoms with Crippen molar-refractivity contribution >= 4 is 22.4 Å². The van der Waals surface area contributed by atoms with Gasteiger partial charge in [-0.05, 0) is 19.4 Å². The first-order chi connectivity index (χ1) is 9.04. The predicted octanol–water partition coefficient (Wildman–Crippen LogP) is 0.963. The number of primary amides is 1. The second-order valence-corrected chi connectivity index (χ2v) is 5.49. The van der Waals surface area contributed by atoms with Gasteiger partial charge in [0.1, 0.15) is 0 Å². The summed E-state index contributed by atoms with van der Waals surface area (Å²) < 4.78 is 5.26. The zero-order chi connectivity index (χ0) is 14.3. The van der Waals surface area contributed by atoms with Gasteiger partial charge in [-0.2, -0.15) is 4.98 Å². The van der Waals surface area contributed by atoms with E-state index >= 15 is 0 Å². The van der Waals surface area contributed by atoms with E-state index in [1.165, 1.54) is 0 Å². The van der Waals surface area contributed by atoms with Crippen LogP contribution in [0.2, 0.25) is 0 Å². The van der Waals surface area contributed by atoms with Crippen molar-refractivity contribution in [2.24, 2.45) is 5.73 Å². The molecular formula is C12H22N4O2S. The lowest BCUT2D eigenvalue weighted by Gasteiger charge is -2.05. The number of unbranched alkanes of at least 4 members (excludes halogenated alkanes) is 1. The summed E-state index contributed by atoms with van der Waals surface area (Å²) in [5.41, 5.74) is 5.08. The van der Waals surface area contributed by atoms with Crippen LogP contribution >= 0.6 is 11.3 Å². The molecule has 0 saturated carbocycles. The minimum Gasteiger partial charge on any atom is -0.480 e. The lowest BCUT2D eigenvalue weighted by atomic mass is 10.2. The van der Waals surface area contributed by atoms with E-state index in [1.54, 1.807) is 18.4 Å². The third-order valence-corrected chi connectivity index (χ3v) is 3.74. The van der Waals surface area contributed by atoms with Crippen molar-refractivity contribution < 1.29 is 9.53 Å². The Labute approximate surface area is 118 Å². The Morgan fingerprint density at radius 2 is 2.21 bits per heavy atom. The van der Waals surface area contributed by atoms with E-state index in [0.717, 1.165) is 35.9 Å². The van der Waals surface area contributed by atoms with Gasteiger partial charge >= 0.3 is 0 Å². The number of carbonyl (C=O) groups is 1. The summed E-state index contributed by atoms with van der Waals surface area (Å²) in [6.45, 7) is 1.58. The van der Waals surface area contributed by atoms with Gasteiger partial charge in [0.2, 0.25) is 11.8 Å². The molecule has 1 aromatic rings. The Balaban J connectivity index is 2.34. The molecule has 0 spiro atoms. The zero-order valence-corrected chi connectivity index (χ0v) is 12.5. The average molecular weight is 286 g/mol. The van der Waals surface area contributed by atoms with Crippen molar-refractivity contribution in [2.45, 2.75) is 25.8 Å². The highest BCUT2D eigenvalue weighted by Crippen LogP contribution is 2.30. The molecule has 0 fully saturated rings. The molecule has 1 aromatic heterocycles. The first-order valence-corrected chi connectivity index (χ1v) is 7.06. The van der Waals surface area contributed by atoms with Crippen molar-refractivity contribution in [1.82, 2.24) is 10.3 Å². The molecule has 108 valence electrons. The first kappa shape index (κ1) is 15.7. The highest BCUT2D eigenvalue weighted by atomic mass is 32.1. The Morgan fingerprint density at radius 1 is 1.47 bits per heavy atom. The lowest BCUT2D eigenvalue weighted by molar-refractivity contribution is -0.118. The van der Waals surface area contributed by atoms with E-state index in [1.807, 2.05) is 19.0 Å². The number of nitrogens with zero attached hydrogens (tertiary/aromatic N) is 2. The number of nitrogens with two attached hydrogens (primary N) is 1. The predicted molar refractivity (Wildman–Crippen MR) is 77.7 cm³/mol. The van der Waals surface area contributed by atoms with E-state index in [2.05, 4.69) is 10.3 Å². The number of carbonyl (C=O) groups excluding carboxylic acids is 1. The van der Waals surface area contributed by atoms with Crippen molar-refractivity contribution in [1.29, 1.82) is 0 Å². The van der Waals surface area contributed by atoms with Crippen LogP contribution in [0.5, 0.6) is 5.88 Å². The normalized spacial score (nSPS) is 10.5. The van der Waals surface area contributed by atoms with Gasteiger partial charge in [0, 0.05) is 27.1 Å². The van der Waals surface area contributed by atoms with Gasteiger partial charge in [-0.1, -0.05) is 11.3 Å². The summed E-state index contributed by atoms with van der Waals surface area (Å²) in [6.07, 6.45) is 2.21. The Hall–Kier alpha value is -1.34. The summed E-state index contributed by atoms with van der Waals surface area (Å²) >= 11 is 1.61. The van der Waals surface area contributed by atoms with Crippen molar-refractivity contribution in [3.05, 3.63) is 4.88 Å². The van der Waals surface area contributed by atoms with Crippen LogP contribution in [0.4, 0.5) is 5.13 Å². The van der Waals surface area contributed by atoms with E-state index in [9.17, 15) is 4.79 Å². The molecular weight excluding hydrogens is 264 g/mol. The molecule has 1 heterocycles. The van der Waals surface area contributed by atoms with Gasteiger partial charge in [-0.3, -0.25) is 4.79 Å². The van der Waals surface area contributed by atoms with Crippen LogP contribution in [0.3, 0.4) is 0 Å². The SMILES string of the molecule is COc1nc(N(C)C)sc1CNCCCCC(N)=O. The molecule has 0 unspecified atom stereocenters. The molecule has 6 nitrogen and oxygen atoms in total. The average Bonchev–Trinajstić information content (AvgIpc) is 2.76. The van der Waals surface area contributed by atoms with Gasteiger partial charge in [-0.25, -0.2) is 0 Å². The van der Waals surface area contributed by atoms with Gasteiger partial charge < -0.3 is 20.7 Å². The number of hydrogen-bond donors (Lipinski definition) is 2. The van der Waals surface area contributed by atoms with E-state index < -0.39 is 0 Å². The number of methoxy groups -OCH3 is 1. The molecule has 0 radical (unpaired) electrons. The highest BCUT2D eigenvalue weighted by molar-refractivity contribution is 7.15. The molecule has 7 heteroatoms. The van der Waals surface area contributed by atoms with Crippen LogP contribution in [0.15, 0.2) is 0 Å². The summed E-state index contributed by atoms with van der Waals surface area (Å²) in [5.74, 6) is 0.443. The maximum Gasteiger partial charge on any atom is 0.230 e. The highest BCUT2D eigenvalue weighted by Gasteiger charge is 2.12. The van der Waals surface area contributed by atoms with Crippen molar-refractivity contribution in [3.63, 3.8) is 0 Å². The fraction of sp³-hybridized carbons (Fsp3) is 0.667. The quantitative estimate of drug-likeness (QED) is 0.661. The molecule has 0 aromatic carbocycles. The third kappa shape index (κ3) is 5.44. The number of amides is 1. The second kappa shape index (κ2) is 7.96. The summed E-state index contributed by atoms with van der Waals surface area (Å²) in [6, 6.07) is 0. The number of thiazole rings is 1. The fourth-order valence-corrected chi connectivity index (χ4v) is 2.46. The third-order valence-electron chi connectivity index (χ3n) is 2.54. The number of nitrogens with one attached hydrogen (secondary N) is 1. The topological polar surface area (TPSA) is 80.5 Å². The van der Waals surface area contributed by atoms with Crippen LogP contribution in [-0.2, 0) is 11.3 Å². The first-order valence-electron chi connectivity index (χ1n) is 6.24. The molecule has 0 atom stereocenters. The number of rotatable bonds is 9. The van der Waals surface area contributed by atoms with Crippen molar-refractivity contribution in [2.75, 3.05) is 32.6 Å². The van der Waals surface area contributed by atoms with E-state index in [-0.39, 0.29) is 5.91 Å². The number of aromatic nitrogens is 1. The lowest BCUT2D eigenvalue weighted by Crippen LogP contribution is -2.16. The number of ether oxygens (including phenoxy) is 1. The Morgan fingerprint density at radius 3 is 2.79 bits per heavy atom. The molecule has 1 amide bonds. The smallest absolute Gasteiger partial charge is 0.230 e. The molecule has 0 aliphatic heterocycles. The minimum atomic E-state index is -0.236. The van der Waals surface area contributed by atoms with E-state index in [0.29, 0.717) is 12.3 Å². The summed E-state index contributed by atoms with van der Waals surface area (Å²) in [7, 11) is 5.55. The zero-order valence-electron chi connectivity index (χ0n) is 11.7. The van der Waals surface area contributed by atoms with Crippen LogP contribution in [-0.4, -0.2) is 38.6 Å². The minimum absolute atomic E-state index is 0.236. The Bertz CT molecular complexity index is 406. The molecule has 0 bridgehead atoms. The maximum atomic E-state index is 10.6. The number of hydrogen-bond acceptors (Lipinski definition) is 6. The molecule has 19 heavy (non-hydrogen) atoms. The summed E-state index contributed by atoms with van der Waals surface area (Å²) in [4.78, 5) is 18.0. The molecule has 1 rings (SSSR count). The molecule has 0 aliphatic rings. The standard InChI is InChI=1S/C12H22N4O2S/c1-16(2)12-15-11(18-3)9(19-12)8-14-7-5-4-6-10(13)17/h14H,4-8H2,1-3H3,(H2,13,17). The van der Waals surface area contributed by atoms with Gasteiger partial charge in [0.15, 0.2) is 5.13 Å². The van der Waals surface area contributed by atoms with Crippen LogP contribution in [0.25, 0.3) is 0 Å². The molecule has 0 aliphatic carbocycles. The van der Waals surface area contributed by atoms with Gasteiger partial charge in [0.05, 0.1) is 12.0 Å². The van der Waals surface area contributed by atoms with Crippen LogP contribution < -0.4 is 20.7 Å². The van der Waals surface area contributed by atoms with Crippen LogP contribution in [0, 0.1) is 0 Å². The van der Waals surface area contributed by atoms with Gasteiger partial charge in [-0.15, -0.1) is 0 Å². The monoisotopic (exact) mass is 286 g/mol. The Kier molecular flexibility index (Phi) is 6.58. The van der Waals surface area contributed by atoms with E-state index in [4.69, 9.17) is 10.5 Å². The molecule has 0 saturated heterocycles. The second-order valence-electron chi connectivity index (χ2n) is 4.42. The van der Waals surface area contributed by atoms with Gasteiger partial charge in [0.25, 0.3) is 0 Å². The summed E-state index contributed by atoms with van der Waals surface area (Å²) in [5, 5.41) is 4.25. The molecule has 3 N–H and O–H groups in total. The van der Waals surface area contributed by atoms with Crippen LogP contribution in [0.1, 0.15) is 24.1 Å². The fourth-order valence-electron chi connectivity index (χ4n) is 1.54.